The van der Waals surface area contributed by atoms with Gasteiger partial charge in [-0.05, 0) is 57.0 Å². The van der Waals surface area contributed by atoms with Crippen LogP contribution in [0.2, 0.25) is 0 Å². The van der Waals surface area contributed by atoms with Gasteiger partial charge in [-0.25, -0.2) is 8.42 Å². The molecule has 2 aromatic heterocycles. The quantitative estimate of drug-likeness (QED) is 0.413. The number of piperidine rings is 1. The van der Waals surface area contributed by atoms with E-state index in [1.165, 1.54) is 15.6 Å². The van der Waals surface area contributed by atoms with Gasteiger partial charge in [-0.3, -0.25) is 9.59 Å². The minimum Gasteiger partial charge on any atom is -0.457 e. The number of carbonyl (C=O) groups is 2. The molecular formula is C23H30N2O6S2. The van der Waals surface area contributed by atoms with Crippen LogP contribution in [0.3, 0.4) is 0 Å². The molecule has 4 heterocycles. The van der Waals surface area contributed by atoms with Crippen molar-refractivity contribution in [3.8, 4) is 0 Å². The Labute approximate surface area is 198 Å². The van der Waals surface area contributed by atoms with E-state index in [4.69, 9.17) is 9.47 Å². The average Bonchev–Trinajstić information content (AvgIpc) is 3.57. The zero-order chi connectivity index (χ0) is 23.6. The second kappa shape index (κ2) is 10.1. The molecule has 2 saturated heterocycles. The first kappa shape index (κ1) is 24.1. The van der Waals surface area contributed by atoms with Crippen LogP contribution in [-0.2, 0) is 30.8 Å². The van der Waals surface area contributed by atoms with Gasteiger partial charge in [-0.2, -0.15) is 4.31 Å². The van der Waals surface area contributed by atoms with E-state index in [0.29, 0.717) is 22.6 Å². The third-order valence-corrected chi connectivity index (χ3v) is 9.78. The number of ether oxygens (including phenoxy) is 2. The van der Waals surface area contributed by atoms with Gasteiger partial charge in [0.15, 0.2) is 6.61 Å². The first-order valence-electron chi connectivity index (χ1n) is 11.3. The fourth-order valence-corrected chi connectivity index (χ4v) is 7.17. The minimum atomic E-state index is -3.51. The van der Waals surface area contributed by atoms with Crippen molar-refractivity contribution in [2.45, 2.75) is 56.4 Å². The summed E-state index contributed by atoms with van der Waals surface area (Å²) in [6, 6.07) is 5.14. The molecule has 0 bridgehead atoms. The molecule has 2 fully saturated rings. The van der Waals surface area contributed by atoms with Crippen LogP contribution in [0.4, 0.5) is 0 Å². The summed E-state index contributed by atoms with van der Waals surface area (Å²) in [7, 11) is -3.51. The maximum Gasteiger partial charge on any atom is 0.309 e. The van der Waals surface area contributed by atoms with Crippen LogP contribution >= 0.6 is 11.3 Å². The maximum absolute atomic E-state index is 12.8. The standard InChI is InChI=1S/C23H30N2O6S2/c1-16-13-20(17(2)25(16)14-19-5-3-11-30-19)21(26)15-31-23(27)18-7-9-24(10-8-18)33(28,29)22-6-4-12-32-22/h4,6,12-13,18-19H,3,5,7-11,14-15H2,1-2H3. The van der Waals surface area contributed by atoms with Crippen molar-refractivity contribution in [1.82, 2.24) is 8.87 Å². The van der Waals surface area contributed by atoms with Crippen molar-refractivity contribution >= 4 is 33.1 Å². The molecule has 4 rings (SSSR count). The number of sulfonamides is 1. The van der Waals surface area contributed by atoms with E-state index in [1.54, 1.807) is 17.5 Å². The third-order valence-electron chi connectivity index (χ3n) is 6.51. The van der Waals surface area contributed by atoms with Gasteiger partial charge in [0.1, 0.15) is 4.21 Å². The van der Waals surface area contributed by atoms with Crippen molar-refractivity contribution in [3.05, 3.63) is 40.5 Å². The van der Waals surface area contributed by atoms with Gasteiger partial charge >= 0.3 is 5.97 Å². The molecule has 1 unspecified atom stereocenters. The van der Waals surface area contributed by atoms with Crippen molar-refractivity contribution < 1.29 is 27.5 Å². The average molecular weight is 495 g/mol. The minimum absolute atomic E-state index is 0.171. The van der Waals surface area contributed by atoms with Gasteiger partial charge < -0.3 is 14.0 Å². The van der Waals surface area contributed by atoms with E-state index in [0.717, 1.165) is 37.4 Å². The highest BCUT2D eigenvalue weighted by atomic mass is 32.2. The van der Waals surface area contributed by atoms with Crippen molar-refractivity contribution in [2.24, 2.45) is 5.92 Å². The molecule has 10 heteroatoms. The van der Waals surface area contributed by atoms with Gasteiger partial charge in [0.2, 0.25) is 5.78 Å². The molecule has 2 aliphatic heterocycles. The van der Waals surface area contributed by atoms with E-state index in [1.807, 2.05) is 19.9 Å². The SMILES string of the molecule is Cc1cc(C(=O)COC(=O)C2CCN(S(=O)(=O)c3cccs3)CC2)c(C)n1CC1CCCO1. The van der Waals surface area contributed by atoms with Gasteiger partial charge in [0.25, 0.3) is 10.0 Å². The van der Waals surface area contributed by atoms with E-state index >= 15 is 0 Å². The molecule has 0 radical (unpaired) electrons. The Balaban J connectivity index is 1.29. The predicted octanol–water partition coefficient (Wildman–Crippen LogP) is 3.17. The highest BCUT2D eigenvalue weighted by molar-refractivity contribution is 7.91. The van der Waals surface area contributed by atoms with E-state index in [-0.39, 0.29) is 31.6 Å². The second-order valence-electron chi connectivity index (χ2n) is 8.67. The summed E-state index contributed by atoms with van der Waals surface area (Å²) in [5.41, 5.74) is 2.41. The number of hydrogen-bond acceptors (Lipinski definition) is 7. The second-order valence-corrected chi connectivity index (χ2v) is 11.8. The highest BCUT2D eigenvalue weighted by Gasteiger charge is 2.33. The van der Waals surface area contributed by atoms with E-state index in [2.05, 4.69) is 4.57 Å². The van der Waals surface area contributed by atoms with Crippen LogP contribution in [0.15, 0.2) is 27.8 Å². The Morgan fingerprint density at radius 2 is 1.97 bits per heavy atom. The van der Waals surface area contributed by atoms with Crippen LogP contribution in [0, 0.1) is 19.8 Å². The lowest BCUT2D eigenvalue weighted by Gasteiger charge is -2.29. The Hall–Kier alpha value is -2.01. The number of esters is 1. The highest BCUT2D eigenvalue weighted by Crippen LogP contribution is 2.27. The Morgan fingerprint density at radius 3 is 2.61 bits per heavy atom. The molecule has 8 nitrogen and oxygen atoms in total. The fraction of sp³-hybridized carbons (Fsp3) is 0.565. The number of thiophene rings is 1. The number of carbonyl (C=O) groups excluding carboxylic acids is 2. The molecule has 0 amide bonds. The van der Waals surface area contributed by atoms with Crippen LogP contribution in [0.5, 0.6) is 0 Å². The fourth-order valence-electron chi connectivity index (χ4n) is 4.56. The largest absolute Gasteiger partial charge is 0.457 e. The molecule has 0 saturated carbocycles. The van der Waals surface area contributed by atoms with Gasteiger partial charge in [0, 0.05) is 43.2 Å². The predicted molar refractivity (Wildman–Crippen MR) is 124 cm³/mol. The molecule has 0 aliphatic carbocycles. The summed E-state index contributed by atoms with van der Waals surface area (Å²) >= 11 is 1.18. The first-order valence-corrected chi connectivity index (χ1v) is 13.6. The molecule has 0 aromatic carbocycles. The first-order chi connectivity index (χ1) is 15.8. The lowest BCUT2D eigenvalue weighted by molar-refractivity contribution is -0.148. The summed E-state index contributed by atoms with van der Waals surface area (Å²) in [6.07, 6.45) is 3.02. The summed E-state index contributed by atoms with van der Waals surface area (Å²) in [5.74, 6) is -1.07. The number of hydrogen-bond donors (Lipinski definition) is 0. The lowest BCUT2D eigenvalue weighted by Crippen LogP contribution is -2.40. The number of nitrogens with zero attached hydrogens (tertiary/aromatic N) is 2. The van der Waals surface area contributed by atoms with E-state index in [9.17, 15) is 18.0 Å². The molecule has 180 valence electrons. The van der Waals surface area contributed by atoms with Crippen molar-refractivity contribution in [1.29, 1.82) is 0 Å². The van der Waals surface area contributed by atoms with E-state index < -0.39 is 21.9 Å². The van der Waals surface area contributed by atoms with Crippen molar-refractivity contribution in [3.63, 3.8) is 0 Å². The van der Waals surface area contributed by atoms with Gasteiger partial charge in [-0.1, -0.05) is 6.07 Å². The smallest absolute Gasteiger partial charge is 0.309 e. The summed E-state index contributed by atoms with van der Waals surface area (Å²) in [6.45, 7) is 5.58. The summed E-state index contributed by atoms with van der Waals surface area (Å²) < 4.78 is 40.1. The molecular weight excluding hydrogens is 464 g/mol. The van der Waals surface area contributed by atoms with Crippen LogP contribution in [-0.4, -0.2) is 61.4 Å². The summed E-state index contributed by atoms with van der Waals surface area (Å²) in [5, 5.41) is 1.73. The number of aromatic nitrogens is 1. The normalized spacial score (nSPS) is 20.2. The van der Waals surface area contributed by atoms with Crippen molar-refractivity contribution in [2.75, 3.05) is 26.3 Å². The zero-order valence-corrected chi connectivity index (χ0v) is 20.6. The molecule has 0 N–H and O–H groups in total. The van der Waals surface area contributed by atoms with Crippen LogP contribution < -0.4 is 0 Å². The Bertz CT molecular complexity index is 1090. The molecule has 2 aliphatic rings. The Morgan fingerprint density at radius 1 is 1.21 bits per heavy atom. The number of aryl methyl sites for hydroxylation is 1. The molecule has 0 spiro atoms. The zero-order valence-electron chi connectivity index (χ0n) is 19.0. The Kier molecular flexibility index (Phi) is 7.37. The maximum atomic E-state index is 12.8. The van der Waals surface area contributed by atoms with Gasteiger partial charge in [0.05, 0.1) is 12.0 Å². The van der Waals surface area contributed by atoms with Crippen LogP contribution in [0.25, 0.3) is 0 Å². The topological polar surface area (TPSA) is 94.9 Å². The molecule has 2 aromatic rings. The third kappa shape index (κ3) is 5.24. The molecule has 1 atom stereocenters. The lowest BCUT2D eigenvalue weighted by atomic mass is 9.98. The number of ketones is 1. The monoisotopic (exact) mass is 494 g/mol. The number of rotatable bonds is 8. The summed E-state index contributed by atoms with van der Waals surface area (Å²) in [4.78, 5) is 25.3. The van der Waals surface area contributed by atoms with Crippen LogP contribution in [0.1, 0.15) is 47.4 Å². The molecule has 33 heavy (non-hydrogen) atoms. The van der Waals surface area contributed by atoms with Gasteiger partial charge in [-0.15, -0.1) is 11.3 Å². The number of Topliss-reactive ketones (excluding diaryl/α,β-unsaturated/α-hetero) is 1.